The standard InChI is InChI=1S/C32H42N4O4S/c1-5-35(6-2)19-20-36(18-17-33-22(3)25-14-15-28(37)30-31(25)41-32(39)34-30)29(38)16-21-40-23(4)26-13-9-11-24-10-7-8-12-27(24)26/h7-15,22-23,33,37H,5-6,16-21H2,1-4H3,(H,34,39). The summed E-state index contributed by atoms with van der Waals surface area (Å²) >= 11 is 1.10. The van der Waals surface area contributed by atoms with E-state index >= 15 is 0 Å². The summed E-state index contributed by atoms with van der Waals surface area (Å²) in [5.74, 6) is 0.145. The Kier molecular flexibility index (Phi) is 10.9. The molecule has 4 aromatic rings. The summed E-state index contributed by atoms with van der Waals surface area (Å²) in [5.41, 5.74) is 2.54. The van der Waals surface area contributed by atoms with Gasteiger partial charge < -0.3 is 29.9 Å². The lowest BCUT2D eigenvalue weighted by atomic mass is 10.0. The first-order valence-corrected chi connectivity index (χ1v) is 15.3. The number of aromatic hydroxyl groups is 1. The van der Waals surface area contributed by atoms with E-state index in [1.807, 2.05) is 43.0 Å². The molecule has 0 aliphatic rings. The highest BCUT2D eigenvalue weighted by Gasteiger charge is 2.18. The van der Waals surface area contributed by atoms with Crippen LogP contribution in [0.4, 0.5) is 0 Å². The van der Waals surface area contributed by atoms with Crippen molar-refractivity contribution in [2.75, 3.05) is 45.9 Å². The lowest BCUT2D eigenvalue weighted by Gasteiger charge is -2.27. The Morgan fingerprint density at radius 2 is 1.76 bits per heavy atom. The lowest BCUT2D eigenvalue weighted by molar-refractivity contribution is -0.133. The number of rotatable bonds is 15. The predicted octanol–water partition coefficient (Wildman–Crippen LogP) is 5.44. The highest BCUT2D eigenvalue weighted by atomic mass is 32.1. The molecular weight excluding hydrogens is 536 g/mol. The number of phenolic OH excluding ortho intramolecular Hbond substituents is 1. The van der Waals surface area contributed by atoms with Gasteiger partial charge in [-0.15, -0.1) is 0 Å². The number of carbonyl (C=O) groups excluding carboxylic acids is 1. The smallest absolute Gasteiger partial charge is 0.305 e. The number of nitrogens with zero attached hydrogens (tertiary/aromatic N) is 2. The number of hydrogen-bond donors (Lipinski definition) is 3. The molecule has 0 saturated heterocycles. The van der Waals surface area contributed by atoms with Crippen molar-refractivity contribution in [3.63, 3.8) is 0 Å². The molecule has 2 atom stereocenters. The van der Waals surface area contributed by atoms with Gasteiger partial charge in [0.25, 0.3) is 0 Å². The van der Waals surface area contributed by atoms with Gasteiger partial charge in [0, 0.05) is 32.2 Å². The first-order valence-electron chi connectivity index (χ1n) is 14.5. The highest BCUT2D eigenvalue weighted by molar-refractivity contribution is 7.16. The van der Waals surface area contributed by atoms with Gasteiger partial charge in [-0.2, -0.15) is 0 Å². The summed E-state index contributed by atoms with van der Waals surface area (Å²) in [6.07, 6.45) is 0.200. The molecule has 41 heavy (non-hydrogen) atoms. The first-order chi connectivity index (χ1) is 19.8. The largest absolute Gasteiger partial charge is 0.506 e. The second kappa shape index (κ2) is 14.6. The van der Waals surface area contributed by atoms with E-state index in [0.29, 0.717) is 38.2 Å². The molecule has 1 heterocycles. The molecule has 0 aliphatic carbocycles. The number of aromatic amines is 1. The monoisotopic (exact) mass is 578 g/mol. The molecule has 0 spiro atoms. The van der Waals surface area contributed by atoms with Crippen molar-refractivity contribution in [2.24, 2.45) is 0 Å². The van der Waals surface area contributed by atoms with E-state index in [-0.39, 0.29) is 28.7 Å². The van der Waals surface area contributed by atoms with Crippen LogP contribution >= 0.6 is 11.3 Å². The molecule has 2 unspecified atom stereocenters. The number of benzene rings is 3. The zero-order valence-electron chi connectivity index (χ0n) is 24.5. The van der Waals surface area contributed by atoms with Crippen molar-refractivity contribution in [3.8, 4) is 5.75 Å². The number of likely N-dealkylation sites (N-methyl/N-ethyl adjacent to an activating group) is 1. The minimum atomic E-state index is -0.194. The van der Waals surface area contributed by atoms with Gasteiger partial charge in [-0.3, -0.25) is 9.59 Å². The topological polar surface area (TPSA) is 97.9 Å². The minimum absolute atomic E-state index is 0.0610. The number of nitrogens with one attached hydrogen (secondary N) is 2. The molecule has 3 N–H and O–H groups in total. The number of amides is 1. The molecule has 0 bridgehead atoms. The van der Waals surface area contributed by atoms with Gasteiger partial charge in [0.1, 0.15) is 11.3 Å². The third-order valence-corrected chi connectivity index (χ3v) is 8.70. The molecular formula is C32H42N4O4S. The second-order valence-electron chi connectivity index (χ2n) is 10.3. The molecule has 0 saturated carbocycles. The Balaban J connectivity index is 1.35. The van der Waals surface area contributed by atoms with E-state index in [9.17, 15) is 14.7 Å². The quantitative estimate of drug-likeness (QED) is 0.174. The van der Waals surface area contributed by atoms with Gasteiger partial charge >= 0.3 is 4.87 Å². The van der Waals surface area contributed by atoms with Crippen LogP contribution in [0.25, 0.3) is 21.0 Å². The molecule has 4 rings (SSSR count). The van der Waals surface area contributed by atoms with Crippen LogP contribution in [0, 0.1) is 0 Å². The SMILES string of the molecule is CCN(CC)CCN(CCNC(C)c1ccc(O)c2[nH]c(=O)sc12)C(=O)CCOC(C)c1cccc2ccccc12. The molecule has 9 heteroatoms. The maximum atomic E-state index is 13.4. The van der Waals surface area contributed by atoms with Crippen LogP contribution in [0.15, 0.2) is 59.4 Å². The number of thiazole rings is 1. The predicted molar refractivity (Wildman–Crippen MR) is 168 cm³/mol. The van der Waals surface area contributed by atoms with Crippen LogP contribution < -0.4 is 10.2 Å². The van der Waals surface area contributed by atoms with E-state index in [0.717, 1.165) is 46.8 Å². The molecule has 0 fully saturated rings. The molecule has 1 amide bonds. The van der Waals surface area contributed by atoms with Crippen LogP contribution in [-0.2, 0) is 9.53 Å². The Bertz CT molecular complexity index is 1490. The van der Waals surface area contributed by atoms with E-state index < -0.39 is 0 Å². The normalized spacial score (nSPS) is 13.2. The number of phenols is 1. The number of H-pyrrole nitrogens is 1. The van der Waals surface area contributed by atoms with Gasteiger partial charge in [-0.25, -0.2) is 0 Å². The van der Waals surface area contributed by atoms with Crippen LogP contribution in [0.5, 0.6) is 5.75 Å². The average molecular weight is 579 g/mol. The van der Waals surface area contributed by atoms with Gasteiger partial charge in [0.05, 0.1) is 23.8 Å². The molecule has 3 aromatic carbocycles. The van der Waals surface area contributed by atoms with Crippen molar-refractivity contribution < 1.29 is 14.6 Å². The van der Waals surface area contributed by atoms with Gasteiger partial charge in [-0.1, -0.05) is 73.7 Å². The maximum Gasteiger partial charge on any atom is 0.305 e. The number of aromatic nitrogens is 1. The molecule has 1 aromatic heterocycles. The summed E-state index contributed by atoms with van der Waals surface area (Å²) in [7, 11) is 0. The van der Waals surface area contributed by atoms with Gasteiger partial charge in [-0.05, 0) is 54.9 Å². The maximum absolute atomic E-state index is 13.4. The average Bonchev–Trinajstić information content (AvgIpc) is 3.38. The third-order valence-electron chi connectivity index (χ3n) is 7.77. The zero-order valence-corrected chi connectivity index (χ0v) is 25.3. The van der Waals surface area contributed by atoms with E-state index in [4.69, 9.17) is 4.74 Å². The van der Waals surface area contributed by atoms with Gasteiger partial charge in [0.15, 0.2) is 0 Å². The zero-order chi connectivity index (χ0) is 29.4. The van der Waals surface area contributed by atoms with Crippen molar-refractivity contribution >= 4 is 38.2 Å². The first kappa shape index (κ1) is 30.7. The fourth-order valence-corrected chi connectivity index (χ4v) is 6.20. The minimum Gasteiger partial charge on any atom is -0.506 e. The molecule has 220 valence electrons. The number of hydrogen-bond acceptors (Lipinski definition) is 7. The van der Waals surface area contributed by atoms with Crippen LogP contribution in [-0.4, -0.2) is 71.7 Å². The second-order valence-corrected chi connectivity index (χ2v) is 11.3. The van der Waals surface area contributed by atoms with Crippen molar-refractivity contribution in [1.82, 2.24) is 20.1 Å². The fraction of sp³-hybridized carbons (Fsp3) is 0.438. The summed E-state index contributed by atoms with van der Waals surface area (Å²) in [6.45, 7) is 13.2. The summed E-state index contributed by atoms with van der Waals surface area (Å²) in [6, 6.07) is 17.9. The summed E-state index contributed by atoms with van der Waals surface area (Å²) in [5, 5.41) is 16.0. The summed E-state index contributed by atoms with van der Waals surface area (Å²) < 4.78 is 6.91. The van der Waals surface area contributed by atoms with E-state index in [1.165, 1.54) is 10.8 Å². The Morgan fingerprint density at radius 1 is 1.00 bits per heavy atom. The van der Waals surface area contributed by atoms with Gasteiger partial charge in [0.2, 0.25) is 5.91 Å². The van der Waals surface area contributed by atoms with E-state index in [1.54, 1.807) is 6.07 Å². The number of fused-ring (bicyclic) bond motifs is 2. The lowest BCUT2D eigenvalue weighted by Crippen LogP contribution is -2.42. The Hall–Kier alpha value is -3.24. The van der Waals surface area contributed by atoms with Crippen molar-refractivity contribution in [2.45, 2.75) is 46.3 Å². The molecule has 0 radical (unpaired) electrons. The number of ether oxygens (including phenoxy) is 1. The third kappa shape index (κ3) is 7.74. The van der Waals surface area contributed by atoms with Crippen LogP contribution in [0.3, 0.4) is 0 Å². The number of carbonyl (C=O) groups is 1. The van der Waals surface area contributed by atoms with Crippen LogP contribution in [0.2, 0.25) is 0 Å². The van der Waals surface area contributed by atoms with Crippen molar-refractivity contribution in [3.05, 3.63) is 75.4 Å². The van der Waals surface area contributed by atoms with E-state index in [2.05, 4.69) is 53.3 Å². The summed E-state index contributed by atoms with van der Waals surface area (Å²) in [4.78, 5) is 32.0. The van der Waals surface area contributed by atoms with Crippen LogP contribution in [0.1, 0.15) is 57.4 Å². The molecule has 0 aliphatic heterocycles. The highest BCUT2D eigenvalue weighted by Crippen LogP contribution is 2.31. The fourth-order valence-electron chi connectivity index (χ4n) is 5.25. The Morgan fingerprint density at radius 3 is 2.54 bits per heavy atom. The Labute approximate surface area is 245 Å². The van der Waals surface area contributed by atoms with Crippen molar-refractivity contribution in [1.29, 1.82) is 0 Å². The molecule has 8 nitrogen and oxygen atoms in total.